The van der Waals surface area contributed by atoms with Crippen LogP contribution in [0, 0.1) is 11.3 Å². The molecule has 2 N–H and O–H groups in total. The number of nitrogens with two attached hydrogens (primary N) is 1. The Morgan fingerprint density at radius 1 is 1.43 bits per heavy atom. The van der Waals surface area contributed by atoms with E-state index in [1.807, 2.05) is 6.07 Å². The van der Waals surface area contributed by atoms with E-state index in [4.69, 9.17) is 25.2 Å². The first-order valence-corrected chi connectivity index (χ1v) is 6.65. The molecule has 0 unspecified atom stereocenters. The molecule has 7 nitrogen and oxygen atoms in total. The monoisotopic (exact) mass is 307 g/mol. The van der Waals surface area contributed by atoms with E-state index in [0.717, 1.165) is 11.3 Å². The summed E-state index contributed by atoms with van der Waals surface area (Å²) in [6.45, 7) is 0. The Morgan fingerprint density at radius 2 is 2.10 bits per heavy atom. The van der Waals surface area contributed by atoms with E-state index < -0.39 is 12.3 Å². The van der Waals surface area contributed by atoms with Gasteiger partial charge < -0.3 is 19.9 Å². The maximum atomic E-state index is 11.9. The van der Waals surface area contributed by atoms with Crippen molar-refractivity contribution in [3.05, 3.63) is 22.2 Å². The molecule has 0 amide bonds. The number of nitrogens with zero attached hydrogens (tertiary/aromatic N) is 2. The SMILES string of the molecule is COC(=O)c1cc2c(N)c(C#N)sc2nc1C(OC)OC. The fourth-order valence-electron chi connectivity index (χ4n) is 1.91. The second kappa shape index (κ2) is 6.05. The van der Waals surface area contributed by atoms with Gasteiger partial charge in [0.2, 0.25) is 6.29 Å². The number of pyridine rings is 1. The molecule has 21 heavy (non-hydrogen) atoms. The van der Waals surface area contributed by atoms with Gasteiger partial charge in [0.1, 0.15) is 21.5 Å². The largest absolute Gasteiger partial charge is 0.465 e. The Kier molecular flexibility index (Phi) is 4.37. The number of anilines is 1. The molecule has 110 valence electrons. The summed E-state index contributed by atoms with van der Waals surface area (Å²) < 4.78 is 15.0. The number of fused-ring (bicyclic) bond motifs is 1. The van der Waals surface area contributed by atoms with E-state index in [2.05, 4.69) is 4.98 Å². The van der Waals surface area contributed by atoms with Crippen LogP contribution in [-0.2, 0) is 14.2 Å². The zero-order valence-electron chi connectivity index (χ0n) is 11.7. The second-order valence-electron chi connectivity index (χ2n) is 4.03. The van der Waals surface area contributed by atoms with Crippen LogP contribution in [-0.4, -0.2) is 32.3 Å². The van der Waals surface area contributed by atoms with Crippen LogP contribution in [0.15, 0.2) is 6.07 Å². The van der Waals surface area contributed by atoms with Crippen LogP contribution in [0.25, 0.3) is 10.2 Å². The number of ether oxygens (including phenoxy) is 3. The number of esters is 1. The van der Waals surface area contributed by atoms with Gasteiger partial charge in [0.25, 0.3) is 0 Å². The van der Waals surface area contributed by atoms with Crippen molar-refractivity contribution in [2.24, 2.45) is 0 Å². The quantitative estimate of drug-likeness (QED) is 0.678. The highest BCUT2D eigenvalue weighted by molar-refractivity contribution is 7.19. The van der Waals surface area contributed by atoms with Gasteiger partial charge in [-0.2, -0.15) is 5.26 Å². The van der Waals surface area contributed by atoms with Gasteiger partial charge in [0.05, 0.1) is 18.4 Å². The molecule has 0 spiro atoms. The van der Waals surface area contributed by atoms with Crippen LogP contribution < -0.4 is 5.73 Å². The van der Waals surface area contributed by atoms with Crippen molar-refractivity contribution in [2.75, 3.05) is 27.1 Å². The van der Waals surface area contributed by atoms with Gasteiger partial charge >= 0.3 is 5.97 Å². The molecule has 0 atom stereocenters. The molecule has 2 aromatic heterocycles. The molecule has 0 saturated carbocycles. The van der Waals surface area contributed by atoms with Crippen molar-refractivity contribution < 1.29 is 19.0 Å². The first kappa shape index (κ1) is 15.2. The molecule has 0 aromatic carbocycles. The number of methoxy groups -OCH3 is 3. The molecule has 2 aromatic rings. The van der Waals surface area contributed by atoms with E-state index in [1.165, 1.54) is 21.3 Å². The predicted molar refractivity (Wildman–Crippen MR) is 76.8 cm³/mol. The number of carbonyl (C=O) groups is 1. The predicted octanol–water partition coefficient (Wildman–Crippen LogP) is 1.83. The Balaban J connectivity index is 2.76. The summed E-state index contributed by atoms with van der Waals surface area (Å²) in [4.78, 5) is 17.2. The lowest BCUT2D eigenvalue weighted by Crippen LogP contribution is -2.14. The molecule has 0 aliphatic carbocycles. The van der Waals surface area contributed by atoms with Gasteiger partial charge in [-0.3, -0.25) is 0 Å². The Hall–Kier alpha value is -2.21. The van der Waals surface area contributed by atoms with E-state index in [0.29, 0.717) is 20.8 Å². The Bertz CT molecular complexity index is 731. The maximum Gasteiger partial charge on any atom is 0.339 e. The topological polar surface area (TPSA) is 107 Å². The molecule has 0 fully saturated rings. The van der Waals surface area contributed by atoms with E-state index in [-0.39, 0.29) is 11.3 Å². The molecular formula is C13H13N3O4S. The van der Waals surface area contributed by atoms with Gasteiger partial charge in [-0.1, -0.05) is 0 Å². The van der Waals surface area contributed by atoms with Crippen LogP contribution >= 0.6 is 11.3 Å². The Morgan fingerprint density at radius 3 is 2.62 bits per heavy atom. The lowest BCUT2D eigenvalue weighted by Gasteiger charge is -2.15. The molecule has 0 bridgehead atoms. The minimum absolute atomic E-state index is 0.188. The summed E-state index contributed by atoms with van der Waals surface area (Å²) >= 11 is 1.14. The van der Waals surface area contributed by atoms with Gasteiger partial charge in [0.15, 0.2) is 0 Å². The number of nitriles is 1. The van der Waals surface area contributed by atoms with Crippen molar-refractivity contribution in [1.29, 1.82) is 5.26 Å². The highest BCUT2D eigenvalue weighted by Crippen LogP contribution is 2.35. The van der Waals surface area contributed by atoms with Crippen LogP contribution in [0.4, 0.5) is 5.69 Å². The summed E-state index contributed by atoms with van der Waals surface area (Å²) in [6, 6.07) is 3.54. The first-order valence-electron chi connectivity index (χ1n) is 5.84. The summed E-state index contributed by atoms with van der Waals surface area (Å²) in [5, 5.41) is 9.56. The van der Waals surface area contributed by atoms with Gasteiger partial charge in [-0.15, -0.1) is 11.3 Å². The molecule has 2 heterocycles. The van der Waals surface area contributed by atoms with Gasteiger partial charge in [0, 0.05) is 19.6 Å². The van der Waals surface area contributed by atoms with Crippen molar-refractivity contribution >= 4 is 33.2 Å². The highest BCUT2D eigenvalue weighted by Gasteiger charge is 2.24. The number of thiophene rings is 1. The third kappa shape index (κ3) is 2.54. The summed E-state index contributed by atoms with van der Waals surface area (Å²) in [6.07, 6.45) is -0.822. The standard InChI is InChI=1S/C13H13N3O4S/c1-18-12(17)7-4-6-9(15)8(5-14)21-11(6)16-10(7)13(19-2)20-3/h4,13H,15H2,1-3H3. The first-order chi connectivity index (χ1) is 10.1. The minimum Gasteiger partial charge on any atom is -0.465 e. The van der Waals surface area contributed by atoms with Gasteiger partial charge in [-0.25, -0.2) is 9.78 Å². The minimum atomic E-state index is -0.822. The van der Waals surface area contributed by atoms with Crippen LogP contribution in [0.1, 0.15) is 27.2 Å². The number of rotatable bonds is 4. The highest BCUT2D eigenvalue weighted by atomic mass is 32.1. The number of carbonyl (C=O) groups excluding carboxylic acids is 1. The van der Waals surface area contributed by atoms with Crippen molar-refractivity contribution in [3.8, 4) is 6.07 Å². The number of hydrogen-bond donors (Lipinski definition) is 1. The smallest absolute Gasteiger partial charge is 0.339 e. The zero-order valence-corrected chi connectivity index (χ0v) is 12.5. The number of hydrogen-bond acceptors (Lipinski definition) is 8. The lowest BCUT2D eigenvalue weighted by molar-refractivity contribution is -0.108. The molecule has 8 heteroatoms. The average Bonchev–Trinajstić information content (AvgIpc) is 2.82. The summed E-state index contributed by atoms with van der Waals surface area (Å²) in [5.74, 6) is -0.581. The van der Waals surface area contributed by atoms with E-state index in [9.17, 15) is 4.79 Å². The zero-order chi connectivity index (χ0) is 15.6. The molecule has 0 aliphatic rings. The normalized spacial score (nSPS) is 10.8. The summed E-state index contributed by atoms with van der Waals surface area (Å²) in [7, 11) is 4.14. The molecule has 0 radical (unpaired) electrons. The van der Waals surface area contributed by atoms with Crippen molar-refractivity contribution in [1.82, 2.24) is 4.98 Å². The van der Waals surface area contributed by atoms with Crippen molar-refractivity contribution in [2.45, 2.75) is 6.29 Å². The van der Waals surface area contributed by atoms with E-state index >= 15 is 0 Å². The molecule has 2 rings (SSSR count). The summed E-state index contributed by atoms with van der Waals surface area (Å²) in [5.41, 5.74) is 6.65. The third-order valence-corrected chi connectivity index (χ3v) is 3.93. The number of nitrogen functional groups attached to an aromatic ring is 1. The van der Waals surface area contributed by atoms with E-state index in [1.54, 1.807) is 6.07 Å². The fourth-order valence-corrected chi connectivity index (χ4v) is 2.79. The number of aromatic nitrogens is 1. The lowest BCUT2D eigenvalue weighted by atomic mass is 10.1. The van der Waals surface area contributed by atoms with Crippen LogP contribution in [0.3, 0.4) is 0 Å². The third-order valence-electron chi connectivity index (χ3n) is 2.91. The fraction of sp³-hybridized carbons (Fsp3) is 0.308. The van der Waals surface area contributed by atoms with Crippen molar-refractivity contribution in [3.63, 3.8) is 0 Å². The van der Waals surface area contributed by atoms with Crippen LogP contribution in [0.5, 0.6) is 0 Å². The van der Waals surface area contributed by atoms with Crippen LogP contribution in [0.2, 0.25) is 0 Å². The average molecular weight is 307 g/mol. The molecule has 0 aliphatic heterocycles. The molecular weight excluding hydrogens is 294 g/mol. The maximum absolute atomic E-state index is 11.9. The second-order valence-corrected chi connectivity index (χ2v) is 5.02. The Labute approximate surface area is 124 Å². The molecule has 0 saturated heterocycles. The van der Waals surface area contributed by atoms with Gasteiger partial charge in [-0.05, 0) is 6.07 Å².